The second-order valence-electron chi connectivity index (χ2n) is 7.56. The van der Waals surface area contributed by atoms with Crippen LogP contribution in [0.2, 0.25) is 5.02 Å². The minimum atomic E-state index is -0.521. The van der Waals surface area contributed by atoms with E-state index in [9.17, 15) is 9.18 Å². The third kappa shape index (κ3) is 2.97. The van der Waals surface area contributed by atoms with Crippen molar-refractivity contribution >= 4 is 23.3 Å². The molecule has 2 atom stereocenters. The molecule has 3 aromatic rings. The first kappa shape index (κ1) is 18.1. The first-order chi connectivity index (χ1) is 14.0. The molecule has 1 aliphatic heterocycles. The van der Waals surface area contributed by atoms with Gasteiger partial charge < -0.3 is 9.84 Å². The molecule has 5 rings (SSSR count). The maximum Gasteiger partial charge on any atom is 0.233 e. The van der Waals surface area contributed by atoms with Crippen molar-refractivity contribution in [2.75, 3.05) is 5.32 Å². The quantitative estimate of drug-likeness (QED) is 0.588. The molecule has 0 saturated carbocycles. The maximum absolute atomic E-state index is 14.8. The molecule has 0 bridgehead atoms. The Morgan fingerprint density at radius 3 is 2.66 bits per heavy atom. The molecule has 6 heteroatoms. The zero-order valence-corrected chi connectivity index (χ0v) is 16.5. The number of allylic oxidation sites excluding steroid dienone is 2. The molecule has 29 heavy (non-hydrogen) atoms. The maximum atomic E-state index is 14.8. The Kier molecular flexibility index (Phi) is 4.28. The third-order valence-electron chi connectivity index (χ3n) is 5.82. The highest BCUT2D eigenvalue weighted by Gasteiger charge is 2.41. The molecule has 1 N–H and O–H groups in total. The Morgan fingerprint density at radius 1 is 1.14 bits per heavy atom. The molecule has 0 fully saturated rings. The molecular formula is C23H18ClFN2O2. The third-order valence-corrected chi connectivity index (χ3v) is 6.07. The topological polar surface area (TPSA) is 55.1 Å². The first-order valence-corrected chi connectivity index (χ1v) is 9.90. The van der Waals surface area contributed by atoms with Crippen molar-refractivity contribution in [3.8, 4) is 0 Å². The van der Waals surface area contributed by atoms with E-state index in [1.54, 1.807) is 18.2 Å². The van der Waals surface area contributed by atoms with Gasteiger partial charge in [0.2, 0.25) is 5.88 Å². The van der Waals surface area contributed by atoms with E-state index in [1.807, 2.05) is 31.2 Å². The summed E-state index contributed by atoms with van der Waals surface area (Å²) < 4.78 is 20.2. The summed E-state index contributed by atoms with van der Waals surface area (Å²) in [6.45, 7) is 1.81. The highest BCUT2D eigenvalue weighted by molar-refractivity contribution is 6.30. The van der Waals surface area contributed by atoms with E-state index < -0.39 is 5.92 Å². The lowest BCUT2D eigenvalue weighted by Gasteiger charge is -2.34. The van der Waals surface area contributed by atoms with Gasteiger partial charge >= 0.3 is 0 Å². The summed E-state index contributed by atoms with van der Waals surface area (Å²) in [5.41, 5.74) is 4.29. The Hall–Kier alpha value is -2.92. The number of hydrogen-bond acceptors (Lipinski definition) is 4. The summed E-state index contributed by atoms with van der Waals surface area (Å²) in [7, 11) is 0. The summed E-state index contributed by atoms with van der Waals surface area (Å²) in [5.74, 6) is -0.340. The van der Waals surface area contributed by atoms with Crippen molar-refractivity contribution in [2.45, 2.75) is 31.6 Å². The molecule has 0 saturated heterocycles. The predicted octanol–water partition coefficient (Wildman–Crippen LogP) is 5.73. The molecule has 0 amide bonds. The second kappa shape index (κ2) is 6.85. The van der Waals surface area contributed by atoms with E-state index in [4.69, 9.17) is 16.1 Å². The first-order valence-electron chi connectivity index (χ1n) is 9.52. The number of rotatable bonds is 2. The summed E-state index contributed by atoms with van der Waals surface area (Å²) in [4.78, 5) is 13.3. The Morgan fingerprint density at radius 2 is 1.90 bits per heavy atom. The van der Waals surface area contributed by atoms with Crippen LogP contribution in [0.15, 0.2) is 64.3 Å². The van der Waals surface area contributed by atoms with Gasteiger partial charge in [0.25, 0.3) is 0 Å². The normalized spacial score (nSPS) is 20.9. The standard InChI is InChI=1S/C23H18ClFN2O2/c1-12-20-21(16-4-2-3-5-17(16)25)22-18(26-23(20)29-27-12)10-14(11-19(22)28)13-6-8-15(24)9-7-13/h2-9,14,21,26H,10-11H2,1H3/t14-,21-/m1/s1. The number of benzene rings is 2. The molecule has 0 radical (unpaired) electrons. The number of nitrogens with zero attached hydrogens (tertiary/aromatic N) is 1. The average Bonchev–Trinajstić information content (AvgIpc) is 3.08. The molecule has 1 aromatic heterocycles. The fraction of sp³-hybridized carbons (Fsp3) is 0.217. The van der Waals surface area contributed by atoms with Gasteiger partial charge in [0.1, 0.15) is 5.82 Å². The number of fused-ring (bicyclic) bond motifs is 1. The van der Waals surface area contributed by atoms with Gasteiger partial charge in [0, 0.05) is 34.2 Å². The number of carbonyl (C=O) groups excluding carboxylic acids is 1. The highest BCUT2D eigenvalue weighted by atomic mass is 35.5. The van der Waals surface area contributed by atoms with Crippen LogP contribution in [0.3, 0.4) is 0 Å². The van der Waals surface area contributed by atoms with Crippen LogP contribution in [0.4, 0.5) is 10.3 Å². The summed E-state index contributed by atoms with van der Waals surface area (Å²) in [5, 5.41) is 7.98. The highest BCUT2D eigenvalue weighted by Crippen LogP contribution is 2.49. The van der Waals surface area contributed by atoms with Crippen molar-refractivity contribution < 1.29 is 13.7 Å². The number of carbonyl (C=O) groups is 1. The number of ketones is 1. The number of aryl methyl sites for hydroxylation is 1. The lowest BCUT2D eigenvalue weighted by Crippen LogP contribution is -2.30. The van der Waals surface area contributed by atoms with Gasteiger partial charge in [-0.2, -0.15) is 0 Å². The smallest absolute Gasteiger partial charge is 0.233 e. The second-order valence-corrected chi connectivity index (χ2v) is 8.00. The predicted molar refractivity (Wildman–Crippen MR) is 109 cm³/mol. The van der Waals surface area contributed by atoms with Crippen LogP contribution in [-0.4, -0.2) is 10.9 Å². The van der Waals surface area contributed by atoms with E-state index in [0.717, 1.165) is 16.8 Å². The number of Topliss-reactive ketones (excluding diaryl/α,β-unsaturated/α-hetero) is 1. The van der Waals surface area contributed by atoms with Gasteiger partial charge in [0.05, 0.1) is 11.3 Å². The summed E-state index contributed by atoms with van der Waals surface area (Å²) in [6, 6.07) is 14.1. The van der Waals surface area contributed by atoms with Crippen LogP contribution in [-0.2, 0) is 4.79 Å². The van der Waals surface area contributed by atoms with Gasteiger partial charge in [0.15, 0.2) is 5.78 Å². The molecule has 2 aromatic carbocycles. The molecule has 1 aliphatic carbocycles. The van der Waals surface area contributed by atoms with Gasteiger partial charge in [-0.3, -0.25) is 4.79 Å². The van der Waals surface area contributed by atoms with Crippen LogP contribution >= 0.6 is 11.6 Å². The zero-order chi connectivity index (χ0) is 20.1. The SMILES string of the molecule is Cc1noc2c1[C@@H](c1ccccc1F)C1=C(C[C@@H](c3ccc(Cl)cc3)CC1=O)N2. The number of anilines is 1. The van der Waals surface area contributed by atoms with E-state index >= 15 is 0 Å². The van der Waals surface area contributed by atoms with Crippen molar-refractivity contribution in [1.29, 1.82) is 0 Å². The van der Waals surface area contributed by atoms with Gasteiger partial charge in [-0.15, -0.1) is 0 Å². The minimum Gasteiger partial charge on any atom is -0.338 e. The van der Waals surface area contributed by atoms with Crippen molar-refractivity contribution in [2.24, 2.45) is 0 Å². The summed E-state index contributed by atoms with van der Waals surface area (Å²) >= 11 is 6.01. The van der Waals surface area contributed by atoms with Crippen molar-refractivity contribution in [3.05, 3.63) is 93.0 Å². The van der Waals surface area contributed by atoms with E-state index in [1.165, 1.54) is 6.07 Å². The van der Waals surface area contributed by atoms with Gasteiger partial charge in [-0.25, -0.2) is 4.39 Å². The van der Waals surface area contributed by atoms with Gasteiger partial charge in [-0.05, 0) is 43.0 Å². The lowest BCUT2D eigenvalue weighted by atomic mass is 9.72. The van der Waals surface area contributed by atoms with Crippen LogP contribution < -0.4 is 5.32 Å². The van der Waals surface area contributed by atoms with Crippen LogP contribution in [0.25, 0.3) is 0 Å². The number of aromatic nitrogens is 1. The number of halogens is 2. The van der Waals surface area contributed by atoms with E-state index in [0.29, 0.717) is 40.6 Å². The monoisotopic (exact) mass is 408 g/mol. The van der Waals surface area contributed by atoms with Crippen LogP contribution in [0, 0.1) is 12.7 Å². The Bertz CT molecular complexity index is 1150. The molecule has 0 unspecified atom stereocenters. The number of hydrogen-bond donors (Lipinski definition) is 1. The van der Waals surface area contributed by atoms with Crippen LogP contribution in [0.5, 0.6) is 0 Å². The van der Waals surface area contributed by atoms with Crippen LogP contribution in [0.1, 0.15) is 47.1 Å². The summed E-state index contributed by atoms with van der Waals surface area (Å²) in [6.07, 6.45) is 1.000. The minimum absolute atomic E-state index is 0.0122. The lowest BCUT2D eigenvalue weighted by molar-refractivity contribution is -0.116. The largest absolute Gasteiger partial charge is 0.338 e. The number of nitrogens with one attached hydrogen (secondary N) is 1. The molecule has 2 heterocycles. The zero-order valence-electron chi connectivity index (χ0n) is 15.7. The van der Waals surface area contributed by atoms with Crippen molar-refractivity contribution in [3.63, 3.8) is 0 Å². The average molecular weight is 409 g/mol. The molecule has 146 valence electrons. The molecule has 0 spiro atoms. The molecule has 4 nitrogen and oxygen atoms in total. The fourth-order valence-electron chi connectivity index (χ4n) is 4.46. The Balaban J connectivity index is 1.63. The fourth-order valence-corrected chi connectivity index (χ4v) is 4.59. The van der Waals surface area contributed by atoms with Crippen molar-refractivity contribution in [1.82, 2.24) is 5.16 Å². The van der Waals surface area contributed by atoms with E-state index in [2.05, 4.69) is 10.5 Å². The molecule has 2 aliphatic rings. The van der Waals surface area contributed by atoms with E-state index in [-0.39, 0.29) is 17.5 Å². The Labute approximate surface area is 172 Å². The molecular weight excluding hydrogens is 391 g/mol. The van der Waals surface area contributed by atoms with Gasteiger partial charge in [-0.1, -0.05) is 47.1 Å².